The number of likely N-dealkylation sites (tertiary alicyclic amines) is 1. The number of hydrogen-bond acceptors (Lipinski definition) is 5. The number of rotatable bonds is 3. The van der Waals surface area contributed by atoms with E-state index < -0.39 is 0 Å². The Morgan fingerprint density at radius 3 is 2.52 bits per heavy atom. The molecule has 7 heteroatoms. The van der Waals surface area contributed by atoms with Crippen molar-refractivity contribution in [1.29, 1.82) is 0 Å². The van der Waals surface area contributed by atoms with Crippen LogP contribution >= 0.6 is 0 Å². The Bertz CT molecular complexity index is 804. The zero-order valence-electron chi connectivity index (χ0n) is 16.1. The zero-order chi connectivity index (χ0) is 18.8. The van der Waals surface area contributed by atoms with Crippen molar-refractivity contribution in [1.82, 2.24) is 19.9 Å². The van der Waals surface area contributed by atoms with Gasteiger partial charge >= 0.3 is 0 Å². The Morgan fingerprint density at radius 2 is 1.85 bits per heavy atom. The number of H-pyrrole nitrogens is 1. The highest BCUT2D eigenvalue weighted by Gasteiger charge is 2.27. The summed E-state index contributed by atoms with van der Waals surface area (Å²) in [6.07, 6.45) is 3.74. The number of nitrogens with zero attached hydrogens (tertiary/aromatic N) is 4. The van der Waals surface area contributed by atoms with E-state index in [-0.39, 0.29) is 5.91 Å². The fourth-order valence-corrected chi connectivity index (χ4v) is 3.91. The van der Waals surface area contributed by atoms with E-state index in [9.17, 15) is 4.79 Å². The second kappa shape index (κ2) is 7.68. The minimum absolute atomic E-state index is 0.0921. The summed E-state index contributed by atoms with van der Waals surface area (Å²) in [6, 6.07) is 4.05. The van der Waals surface area contributed by atoms with Gasteiger partial charge in [0.05, 0.1) is 13.2 Å². The Labute approximate surface area is 159 Å². The highest BCUT2D eigenvalue weighted by atomic mass is 16.5. The monoisotopic (exact) mass is 369 g/mol. The van der Waals surface area contributed by atoms with E-state index in [2.05, 4.69) is 20.9 Å². The van der Waals surface area contributed by atoms with Crippen LogP contribution in [0, 0.1) is 13.8 Å². The summed E-state index contributed by atoms with van der Waals surface area (Å²) in [7, 11) is 0. The number of amides is 1. The predicted octanol–water partition coefficient (Wildman–Crippen LogP) is 2.28. The minimum atomic E-state index is 0.0921. The summed E-state index contributed by atoms with van der Waals surface area (Å²) in [6.45, 7) is 8.71. The number of morpholine rings is 1. The molecule has 2 saturated heterocycles. The molecule has 144 valence electrons. The second-order valence-electron chi connectivity index (χ2n) is 7.45. The van der Waals surface area contributed by atoms with E-state index in [1.54, 1.807) is 0 Å². The number of piperidine rings is 1. The van der Waals surface area contributed by atoms with Crippen molar-refractivity contribution in [2.24, 2.45) is 0 Å². The van der Waals surface area contributed by atoms with Gasteiger partial charge in [-0.05, 0) is 38.3 Å². The number of carbonyl (C=O) groups is 1. The first-order valence-corrected chi connectivity index (χ1v) is 9.73. The van der Waals surface area contributed by atoms with Crippen LogP contribution in [-0.4, -0.2) is 65.2 Å². The van der Waals surface area contributed by atoms with Gasteiger partial charge in [-0.3, -0.25) is 4.79 Å². The fourth-order valence-electron chi connectivity index (χ4n) is 3.91. The quantitative estimate of drug-likeness (QED) is 0.898. The van der Waals surface area contributed by atoms with Crippen LogP contribution in [0.25, 0.3) is 0 Å². The van der Waals surface area contributed by atoms with Gasteiger partial charge in [0.25, 0.3) is 5.91 Å². The normalized spacial score (nSPS) is 18.7. The lowest BCUT2D eigenvalue weighted by atomic mass is 9.93. The average molecular weight is 369 g/mol. The molecule has 1 amide bonds. The molecule has 0 spiro atoms. The SMILES string of the molecule is Cc1c[nH]c(C(=O)N2CCC(c3cc(N4CCOCC4)nc(C)n3)CC2)c1. The molecule has 0 saturated carbocycles. The van der Waals surface area contributed by atoms with Gasteiger partial charge in [0.1, 0.15) is 17.3 Å². The standard InChI is InChI=1S/C20H27N5O2/c1-14-11-18(21-13-14)20(26)25-5-3-16(4-6-25)17-12-19(23-15(2)22-17)24-7-9-27-10-8-24/h11-13,16,21H,3-10H2,1-2H3. The molecule has 0 atom stereocenters. The summed E-state index contributed by atoms with van der Waals surface area (Å²) in [5.41, 5.74) is 2.87. The Morgan fingerprint density at radius 1 is 1.11 bits per heavy atom. The van der Waals surface area contributed by atoms with Crippen molar-refractivity contribution < 1.29 is 9.53 Å². The van der Waals surface area contributed by atoms with Gasteiger partial charge in [-0.15, -0.1) is 0 Å². The maximum Gasteiger partial charge on any atom is 0.270 e. The number of ether oxygens (including phenoxy) is 1. The van der Waals surface area contributed by atoms with Gasteiger partial charge in [-0.1, -0.05) is 0 Å². The van der Waals surface area contributed by atoms with E-state index >= 15 is 0 Å². The molecule has 0 aromatic carbocycles. The Balaban J connectivity index is 1.43. The van der Waals surface area contributed by atoms with Gasteiger partial charge in [-0.25, -0.2) is 9.97 Å². The Hall–Kier alpha value is -2.41. The molecule has 2 aliphatic heterocycles. The lowest BCUT2D eigenvalue weighted by molar-refractivity contribution is 0.0706. The van der Waals surface area contributed by atoms with Gasteiger partial charge < -0.3 is 19.5 Å². The van der Waals surface area contributed by atoms with Crippen LogP contribution in [0.4, 0.5) is 5.82 Å². The third-order valence-corrected chi connectivity index (χ3v) is 5.44. The zero-order valence-corrected chi connectivity index (χ0v) is 16.1. The first-order chi connectivity index (χ1) is 13.1. The van der Waals surface area contributed by atoms with Crippen LogP contribution in [0.1, 0.15) is 46.3 Å². The highest BCUT2D eigenvalue weighted by molar-refractivity contribution is 5.92. The second-order valence-corrected chi connectivity index (χ2v) is 7.45. The smallest absolute Gasteiger partial charge is 0.270 e. The maximum absolute atomic E-state index is 12.6. The molecule has 2 aromatic heterocycles. The molecule has 2 fully saturated rings. The van der Waals surface area contributed by atoms with E-state index in [0.717, 1.165) is 75.1 Å². The summed E-state index contributed by atoms with van der Waals surface area (Å²) in [5, 5.41) is 0. The van der Waals surface area contributed by atoms with Gasteiger partial charge in [0.2, 0.25) is 0 Å². The number of hydrogen-bond donors (Lipinski definition) is 1. The molecule has 0 bridgehead atoms. The third kappa shape index (κ3) is 3.98. The van der Waals surface area contributed by atoms with E-state index in [4.69, 9.17) is 9.72 Å². The summed E-state index contributed by atoms with van der Waals surface area (Å²) in [5.74, 6) is 2.28. The van der Waals surface area contributed by atoms with Gasteiger partial charge in [0, 0.05) is 50.1 Å². The predicted molar refractivity (Wildman–Crippen MR) is 103 cm³/mol. The lowest BCUT2D eigenvalue weighted by Crippen LogP contribution is -2.38. The molecule has 2 aliphatic rings. The average Bonchev–Trinajstić information content (AvgIpc) is 3.14. The number of aromatic amines is 1. The topological polar surface area (TPSA) is 74.4 Å². The molecule has 1 N–H and O–H groups in total. The van der Waals surface area contributed by atoms with Crippen molar-refractivity contribution in [3.8, 4) is 0 Å². The number of nitrogens with one attached hydrogen (secondary N) is 1. The third-order valence-electron chi connectivity index (χ3n) is 5.44. The molecule has 0 radical (unpaired) electrons. The van der Waals surface area contributed by atoms with Crippen molar-refractivity contribution in [3.05, 3.63) is 41.1 Å². The van der Waals surface area contributed by atoms with Gasteiger partial charge in [0.15, 0.2) is 0 Å². The highest BCUT2D eigenvalue weighted by Crippen LogP contribution is 2.29. The molecular formula is C20H27N5O2. The maximum atomic E-state index is 12.6. The molecule has 2 aromatic rings. The van der Waals surface area contributed by atoms with Crippen LogP contribution in [0.2, 0.25) is 0 Å². The summed E-state index contributed by atoms with van der Waals surface area (Å²) in [4.78, 5) is 29.2. The minimum Gasteiger partial charge on any atom is -0.378 e. The van der Waals surface area contributed by atoms with Crippen LogP contribution in [0.5, 0.6) is 0 Å². The Kier molecular flexibility index (Phi) is 5.11. The number of aryl methyl sites for hydroxylation is 2. The van der Waals surface area contributed by atoms with E-state index in [1.807, 2.05) is 31.0 Å². The van der Waals surface area contributed by atoms with Crippen LogP contribution < -0.4 is 4.90 Å². The first-order valence-electron chi connectivity index (χ1n) is 9.73. The van der Waals surface area contributed by atoms with Crippen molar-refractivity contribution in [3.63, 3.8) is 0 Å². The van der Waals surface area contributed by atoms with Crippen molar-refractivity contribution >= 4 is 11.7 Å². The van der Waals surface area contributed by atoms with Crippen LogP contribution in [0.15, 0.2) is 18.3 Å². The summed E-state index contributed by atoms with van der Waals surface area (Å²) < 4.78 is 5.45. The van der Waals surface area contributed by atoms with Crippen molar-refractivity contribution in [2.45, 2.75) is 32.6 Å². The lowest BCUT2D eigenvalue weighted by Gasteiger charge is -2.32. The van der Waals surface area contributed by atoms with Crippen LogP contribution in [0.3, 0.4) is 0 Å². The van der Waals surface area contributed by atoms with E-state index in [0.29, 0.717) is 11.6 Å². The molecule has 4 rings (SSSR count). The number of anilines is 1. The molecule has 0 aliphatic carbocycles. The number of aromatic nitrogens is 3. The first kappa shape index (κ1) is 18.0. The van der Waals surface area contributed by atoms with Crippen LogP contribution in [-0.2, 0) is 4.74 Å². The van der Waals surface area contributed by atoms with Gasteiger partial charge in [-0.2, -0.15) is 0 Å². The van der Waals surface area contributed by atoms with Crippen molar-refractivity contribution in [2.75, 3.05) is 44.3 Å². The molecule has 7 nitrogen and oxygen atoms in total. The molecular weight excluding hydrogens is 342 g/mol. The summed E-state index contributed by atoms with van der Waals surface area (Å²) >= 11 is 0. The van der Waals surface area contributed by atoms with E-state index in [1.165, 1.54) is 0 Å². The molecule has 27 heavy (non-hydrogen) atoms. The fraction of sp³-hybridized carbons (Fsp3) is 0.550. The number of carbonyl (C=O) groups excluding carboxylic acids is 1. The molecule has 0 unspecified atom stereocenters. The largest absolute Gasteiger partial charge is 0.378 e. The molecule has 4 heterocycles.